The average Bonchev–Trinajstić information content (AvgIpc) is 2.67. The van der Waals surface area contributed by atoms with Crippen LogP contribution in [0.3, 0.4) is 0 Å². The fraction of sp³-hybridized carbons (Fsp3) is 0.333. The van der Waals surface area contributed by atoms with Gasteiger partial charge in [-0.2, -0.15) is 0 Å². The number of hydrogen-bond acceptors (Lipinski definition) is 3. The van der Waals surface area contributed by atoms with E-state index in [1.54, 1.807) is 36.4 Å². The van der Waals surface area contributed by atoms with Crippen molar-refractivity contribution in [2.75, 3.05) is 19.7 Å². The van der Waals surface area contributed by atoms with Crippen LogP contribution in [0.15, 0.2) is 48.5 Å². The molecular formula is C21H22ClNO4. The van der Waals surface area contributed by atoms with Crippen molar-refractivity contribution in [2.24, 2.45) is 5.92 Å². The summed E-state index contributed by atoms with van der Waals surface area (Å²) in [4.78, 5) is 25.5. The first-order valence-electron chi connectivity index (χ1n) is 9.00. The lowest BCUT2D eigenvalue weighted by atomic mass is 9.88. The molecule has 1 aliphatic rings. The van der Waals surface area contributed by atoms with Crippen LogP contribution >= 0.6 is 11.6 Å². The Morgan fingerprint density at radius 2 is 1.85 bits per heavy atom. The van der Waals surface area contributed by atoms with E-state index in [-0.39, 0.29) is 12.5 Å². The number of carboxylic acid groups (broad SMARTS) is 1. The maximum Gasteiger partial charge on any atom is 0.335 e. The number of likely N-dealkylation sites (tertiary alicyclic amines) is 1. The summed E-state index contributed by atoms with van der Waals surface area (Å²) in [5.41, 5.74) is 1.23. The summed E-state index contributed by atoms with van der Waals surface area (Å²) in [6.45, 7) is 1.32. The third-order valence-corrected chi connectivity index (χ3v) is 5.12. The molecule has 1 N–H and O–H groups in total. The van der Waals surface area contributed by atoms with Crippen LogP contribution in [-0.4, -0.2) is 41.6 Å². The molecular weight excluding hydrogens is 366 g/mol. The first kappa shape index (κ1) is 19.2. The molecule has 1 heterocycles. The van der Waals surface area contributed by atoms with Crippen LogP contribution in [0.25, 0.3) is 0 Å². The molecule has 1 saturated heterocycles. The fourth-order valence-corrected chi connectivity index (χ4v) is 3.58. The second-order valence-corrected chi connectivity index (χ2v) is 7.17. The lowest BCUT2D eigenvalue weighted by Gasteiger charge is -2.32. The molecule has 0 aromatic heterocycles. The third kappa shape index (κ3) is 5.23. The quantitative estimate of drug-likeness (QED) is 0.816. The van der Waals surface area contributed by atoms with Gasteiger partial charge >= 0.3 is 5.97 Å². The van der Waals surface area contributed by atoms with E-state index in [1.165, 1.54) is 0 Å². The molecule has 0 saturated carbocycles. The molecule has 2 aromatic rings. The van der Waals surface area contributed by atoms with Gasteiger partial charge < -0.3 is 14.7 Å². The van der Waals surface area contributed by atoms with Crippen molar-refractivity contribution < 1.29 is 19.4 Å². The van der Waals surface area contributed by atoms with Gasteiger partial charge in [-0.05, 0) is 55.0 Å². The van der Waals surface area contributed by atoms with Gasteiger partial charge in [0.25, 0.3) is 5.91 Å². The van der Waals surface area contributed by atoms with Crippen LogP contribution in [-0.2, 0) is 11.2 Å². The molecule has 0 bridgehead atoms. The summed E-state index contributed by atoms with van der Waals surface area (Å²) in [7, 11) is 0. The molecule has 0 atom stereocenters. The zero-order valence-corrected chi connectivity index (χ0v) is 15.7. The Morgan fingerprint density at radius 1 is 1.11 bits per heavy atom. The lowest BCUT2D eigenvalue weighted by molar-refractivity contribution is -0.134. The molecule has 6 heteroatoms. The summed E-state index contributed by atoms with van der Waals surface area (Å²) >= 11 is 5.91. The molecule has 1 amide bonds. The Balaban J connectivity index is 1.48. The Morgan fingerprint density at radius 3 is 2.56 bits per heavy atom. The SMILES string of the molecule is O=C(O)c1ccccc1CC1CCN(C(=O)COc2cccc(Cl)c2)CC1. The molecule has 0 unspecified atom stereocenters. The number of ether oxygens (including phenoxy) is 1. The number of hydrogen-bond donors (Lipinski definition) is 1. The van der Waals surface area contributed by atoms with Crippen molar-refractivity contribution >= 4 is 23.5 Å². The smallest absolute Gasteiger partial charge is 0.335 e. The molecule has 0 spiro atoms. The second-order valence-electron chi connectivity index (χ2n) is 6.74. The predicted octanol–water partition coefficient (Wildman–Crippen LogP) is 3.90. The van der Waals surface area contributed by atoms with E-state index < -0.39 is 5.97 Å². The maximum absolute atomic E-state index is 12.4. The number of aromatic carboxylic acids is 1. The average molecular weight is 388 g/mol. The molecule has 2 aromatic carbocycles. The zero-order chi connectivity index (χ0) is 19.2. The highest BCUT2D eigenvalue weighted by Crippen LogP contribution is 2.24. The molecule has 5 nitrogen and oxygen atoms in total. The van der Waals surface area contributed by atoms with E-state index in [2.05, 4.69) is 0 Å². The standard InChI is InChI=1S/C21H22ClNO4/c22-17-5-3-6-18(13-17)27-14-20(24)23-10-8-15(9-11-23)12-16-4-1-2-7-19(16)21(25)26/h1-7,13,15H,8-12,14H2,(H,25,26). The molecule has 3 rings (SSSR count). The van der Waals surface area contributed by atoms with Crippen LogP contribution in [0.5, 0.6) is 5.75 Å². The van der Waals surface area contributed by atoms with E-state index in [9.17, 15) is 14.7 Å². The minimum Gasteiger partial charge on any atom is -0.484 e. The topological polar surface area (TPSA) is 66.8 Å². The van der Waals surface area contributed by atoms with Crippen molar-refractivity contribution in [3.63, 3.8) is 0 Å². The van der Waals surface area contributed by atoms with Crippen LogP contribution in [0.4, 0.5) is 0 Å². The predicted molar refractivity (Wildman–Crippen MR) is 103 cm³/mol. The number of piperidine rings is 1. The Kier molecular flexibility index (Phi) is 6.35. The van der Waals surface area contributed by atoms with Gasteiger partial charge in [-0.25, -0.2) is 4.79 Å². The summed E-state index contributed by atoms with van der Waals surface area (Å²) in [5, 5.41) is 9.88. The minimum absolute atomic E-state index is 0.00709. The zero-order valence-electron chi connectivity index (χ0n) is 14.9. The number of rotatable bonds is 6. The molecule has 27 heavy (non-hydrogen) atoms. The van der Waals surface area contributed by atoms with Gasteiger partial charge in [-0.1, -0.05) is 35.9 Å². The van der Waals surface area contributed by atoms with Gasteiger partial charge in [-0.15, -0.1) is 0 Å². The van der Waals surface area contributed by atoms with Crippen LogP contribution in [0.2, 0.25) is 5.02 Å². The van der Waals surface area contributed by atoms with Crippen molar-refractivity contribution in [1.29, 1.82) is 0 Å². The van der Waals surface area contributed by atoms with Crippen molar-refractivity contribution in [3.05, 3.63) is 64.7 Å². The first-order chi connectivity index (χ1) is 13.0. The second kappa shape index (κ2) is 8.91. The van der Waals surface area contributed by atoms with Gasteiger partial charge in [0.1, 0.15) is 5.75 Å². The third-order valence-electron chi connectivity index (χ3n) is 4.88. The van der Waals surface area contributed by atoms with Gasteiger partial charge in [0, 0.05) is 18.1 Å². The highest BCUT2D eigenvalue weighted by molar-refractivity contribution is 6.30. The molecule has 1 fully saturated rings. The van der Waals surface area contributed by atoms with Gasteiger partial charge in [-0.3, -0.25) is 4.79 Å². The molecule has 0 aliphatic carbocycles. The number of amides is 1. The van der Waals surface area contributed by atoms with Gasteiger partial charge in [0.15, 0.2) is 6.61 Å². The largest absolute Gasteiger partial charge is 0.484 e. The monoisotopic (exact) mass is 387 g/mol. The number of nitrogens with zero attached hydrogens (tertiary/aromatic N) is 1. The Labute approximate surface area is 163 Å². The van der Waals surface area contributed by atoms with E-state index >= 15 is 0 Å². The summed E-state index contributed by atoms with van der Waals surface area (Å²) < 4.78 is 5.53. The number of halogens is 1. The van der Waals surface area contributed by atoms with Crippen LogP contribution < -0.4 is 4.74 Å². The van der Waals surface area contributed by atoms with Crippen LogP contribution in [0, 0.1) is 5.92 Å². The normalized spacial score (nSPS) is 14.8. The minimum atomic E-state index is -0.892. The molecule has 0 radical (unpaired) electrons. The maximum atomic E-state index is 12.4. The van der Waals surface area contributed by atoms with Crippen molar-refractivity contribution in [2.45, 2.75) is 19.3 Å². The van der Waals surface area contributed by atoms with E-state index in [4.69, 9.17) is 16.3 Å². The Bertz CT molecular complexity index is 815. The Hall–Kier alpha value is -2.53. The fourth-order valence-electron chi connectivity index (χ4n) is 3.40. The van der Waals surface area contributed by atoms with Gasteiger partial charge in [0.2, 0.25) is 0 Å². The van der Waals surface area contributed by atoms with E-state index in [1.807, 2.05) is 17.0 Å². The summed E-state index contributed by atoms with van der Waals surface area (Å²) in [6.07, 6.45) is 2.44. The van der Waals surface area contributed by atoms with E-state index in [0.717, 1.165) is 24.8 Å². The summed E-state index contributed by atoms with van der Waals surface area (Å²) in [5.74, 6) is 0.0233. The first-order valence-corrected chi connectivity index (χ1v) is 9.38. The number of benzene rings is 2. The van der Waals surface area contributed by atoms with Crippen molar-refractivity contribution in [1.82, 2.24) is 4.90 Å². The van der Waals surface area contributed by atoms with E-state index in [0.29, 0.717) is 35.3 Å². The number of carbonyl (C=O) groups is 2. The van der Waals surface area contributed by atoms with Crippen molar-refractivity contribution in [3.8, 4) is 5.75 Å². The van der Waals surface area contributed by atoms with Crippen LogP contribution in [0.1, 0.15) is 28.8 Å². The molecule has 1 aliphatic heterocycles. The highest BCUT2D eigenvalue weighted by atomic mass is 35.5. The lowest BCUT2D eigenvalue weighted by Crippen LogP contribution is -2.41. The molecule has 142 valence electrons. The van der Waals surface area contributed by atoms with Gasteiger partial charge in [0.05, 0.1) is 5.56 Å². The number of carbonyl (C=O) groups excluding carboxylic acids is 1. The summed E-state index contributed by atoms with van der Waals surface area (Å²) in [6, 6.07) is 14.1. The number of carboxylic acids is 1. The highest BCUT2D eigenvalue weighted by Gasteiger charge is 2.24.